The molecule has 1 rings (SSSR count). The highest BCUT2D eigenvalue weighted by atomic mass is 16.3. The van der Waals surface area contributed by atoms with Gasteiger partial charge in [0.1, 0.15) is 0 Å². The summed E-state index contributed by atoms with van der Waals surface area (Å²) in [5, 5.41) is 10.4. The van der Waals surface area contributed by atoms with Gasteiger partial charge in [-0.2, -0.15) is 0 Å². The second kappa shape index (κ2) is 4.16. The number of hydrogen-bond acceptors (Lipinski definition) is 1. The van der Waals surface area contributed by atoms with Gasteiger partial charge in [0.2, 0.25) is 0 Å². The van der Waals surface area contributed by atoms with Crippen LogP contribution in [0, 0.1) is 0 Å². The van der Waals surface area contributed by atoms with Gasteiger partial charge in [0.15, 0.2) is 0 Å². The zero-order valence-corrected chi connectivity index (χ0v) is 6.27. The van der Waals surface area contributed by atoms with Gasteiger partial charge in [0.05, 0.1) is 12.6 Å². The molecule has 0 spiro atoms. The predicted octanol–water partition coefficient (Wildman–Crippen LogP) is -0.633. The first-order chi connectivity index (χ1) is 5.38. The minimum absolute atomic E-state index is 0.0313. The lowest BCUT2D eigenvalue weighted by molar-refractivity contribution is -0.560. The molecule has 2 nitrogen and oxygen atoms in total. The van der Waals surface area contributed by atoms with Crippen LogP contribution in [0.3, 0.4) is 0 Å². The van der Waals surface area contributed by atoms with Crippen LogP contribution in [0.15, 0.2) is 30.3 Å². The van der Waals surface area contributed by atoms with E-state index in [4.69, 9.17) is 13.1 Å². The Kier molecular flexibility index (Phi) is 3.14. The van der Waals surface area contributed by atoms with Crippen molar-refractivity contribution in [1.82, 2.24) is 0 Å². The lowest BCUT2D eigenvalue weighted by Gasteiger charge is -2.17. The Balaban J connectivity index is 2.74. The second-order valence-corrected chi connectivity index (χ2v) is 2.39. The number of benzene rings is 1. The smallest absolute Gasteiger partial charge is 0.0952 e. The highest BCUT2D eigenvalue weighted by Crippen LogP contribution is 2.05. The fourth-order valence-electron chi connectivity index (χ4n) is 0.978. The summed E-state index contributed by atoms with van der Waals surface area (Å²) in [6.07, 6.45) is 0. The van der Waals surface area contributed by atoms with E-state index in [0.29, 0.717) is 0 Å². The lowest BCUT2D eigenvalue weighted by atomic mass is 10.1. The molecule has 0 bridgehead atoms. The molecular weight excluding hydrogens is 137 g/mol. The molecule has 1 atom stereocenters. The zero-order chi connectivity index (χ0) is 8.10. The van der Waals surface area contributed by atoms with Gasteiger partial charge < -0.3 is 10.3 Å². The maximum absolute atomic E-state index is 8.87. The molecule has 1 unspecified atom stereocenters. The third-order valence-electron chi connectivity index (χ3n) is 1.66. The minimum Gasteiger partial charge on any atom is -0.600 e. The Hall–Kier alpha value is -0.795. The molecular formula is C8H11BNO. The van der Waals surface area contributed by atoms with Gasteiger partial charge in [0, 0.05) is 5.56 Å². The van der Waals surface area contributed by atoms with Crippen molar-refractivity contribution in [2.75, 3.05) is 6.61 Å². The summed E-state index contributed by atoms with van der Waals surface area (Å²) >= 11 is 0. The third-order valence-corrected chi connectivity index (χ3v) is 1.66. The molecule has 0 fully saturated rings. The van der Waals surface area contributed by atoms with Crippen molar-refractivity contribution < 1.29 is 10.3 Å². The van der Waals surface area contributed by atoms with E-state index in [1.807, 2.05) is 30.3 Å². The van der Waals surface area contributed by atoms with Gasteiger partial charge in [-0.05, 0) is 0 Å². The first-order valence-electron chi connectivity index (χ1n) is 3.59. The predicted molar refractivity (Wildman–Crippen MR) is 43.9 cm³/mol. The van der Waals surface area contributed by atoms with Gasteiger partial charge in [-0.15, -0.1) is 0 Å². The van der Waals surface area contributed by atoms with Gasteiger partial charge in [-0.1, -0.05) is 30.3 Å². The van der Waals surface area contributed by atoms with E-state index < -0.39 is 0 Å². The molecule has 3 radical (unpaired) electrons. The van der Waals surface area contributed by atoms with Gasteiger partial charge in [0.25, 0.3) is 0 Å². The number of aliphatic hydroxyl groups is 1. The highest BCUT2D eigenvalue weighted by molar-refractivity contribution is 5.94. The normalized spacial score (nSPS) is 12.9. The molecule has 0 aliphatic heterocycles. The second-order valence-electron chi connectivity index (χ2n) is 2.39. The Morgan fingerprint density at radius 1 is 1.36 bits per heavy atom. The van der Waals surface area contributed by atoms with Crippen LogP contribution in [0.4, 0.5) is 0 Å². The molecule has 0 heterocycles. The van der Waals surface area contributed by atoms with Crippen molar-refractivity contribution in [3.05, 3.63) is 35.9 Å². The van der Waals surface area contributed by atoms with E-state index in [-0.39, 0.29) is 12.6 Å². The number of aliphatic hydroxyl groups excluding tert-OH is 1. The van der Waals surface area contributed by atoms with Crippen LogP contribution >= 0.6 is 0 Å². The number of nitrogens with two attached hydrogens (primary N) is 1. The average molecular weight is 148 g/mol. The van der Waals surface area contributed by atoms with Crippen LogP contribution in [0.1, 0.15) is 11.6 Å². The van der Waals surface area contributed by atoms with Crippen LogP contribution < -0.4 is 5.23 Å². The highest BCUT2D eigenvalue weighted by Gasteiger charge is 2.04. The Labute approximate surface area is 67.7 Å². The molecule has 0 saturated heterocycles. The Morgan fingerprint density at radius 3 is 2.45 bits per heavy atom. The first kappa shape index (κ1) is 8.30. The lowest BCUT2D eigenvalue weighted by Crippen LogP contribution is -2.83. The van der Waals surface area contributed by atoms with E-state index >= 15 is 0 Å². The summed E-state index contributed by atoms with van der Waals surface area (Å²) in [7, 11) is 5.33. The summed E-state index contributed by atoms with van der Waals surface area (Å²) in [4.78, 5) is 0. The zero-order valence-electron chi connectivity index (χ0n) is 6.27. The average Bonchev–Trinajstić information content (AvgIpc) is 2.09. The number of rotatable bonds is 3. The first-order valence-corrected chi connectivity index (χ1v) is 3.59. The number of quaternary nitrogens is 1. The molecule has 57 valence electrons. The van der Waals surface area contributed by atoms with Crippen LogP contribution in [-0.4, -0.2) is 19.7 Å². The molecule has 0 amide bonds. The topological polar surface area (TPSA) is 36.8 Å². The summed E-state index contributed by atoms with van der Waals surface area (Å²) in [5.41, 5.74) is 1.05. The molecule has 0 aliphatic rings. The molecule has 1 aromatic rings. The molecule has 0 saturated carbocycles. The standard InChI is InChI=1S/C8H11BNO/c9-10-8(6-11)7-4-2-1-3-5-7/h1-5,8,11H,6,10H2. The van der Waals surface area contributed by atoms with Crippen molar-refractivity contribution >= 4 is 7.98 Å². The molecule has 0 aromatic heterocycles. The van der Waals surface area contributed by atoms with E-state index in [1.54, 1.807) is 0 Å². The monoisotopic (exact) mass is 148 g/mol. The molecule has 0 aliphatic carbocycles. The summed E-state index contributed by atoms with van der Waals surface area (Å²) in [6, 6.07) is 9.67. The molecule has 11 heavy (non-hydrogen) atoms. The van der Waals surface area contributed by atoms with Crippen molar-refractivity contribution in [3.63, 3.8) is 0 Å². The summed E-state index contributed by atoms with van der Waals surface area (Å²) in [6.45, 7) is 0.0700. The van der Waals surface area contributed by atoms with E-state index in [2.05, 4.69) is 0 Å². The molecule has 1 aromatic carbocycles. The van der Waals surface area contributed by atoms with Crippen LogP contribution in [0.2, 0.25) is 0 Å². The Morgan fingerprint density at radius 2 is 2.00 bits per heavy atom. The maximum atomic E-state index is 8.87. The summed E-state index contributed by atoms with van der Waals surface area (Å²) < 4.78 is 0. The van der Waals surface area contributed by atoms with Crippen LogP contribution in [-0.2, 0) is 0 Å². The van der Waals surface area contributed by atoms with Crippen molar-refractivity contribution in [1.29, 1.82) is 0 Å². The van der Waals surface area contributed by atoms with Crippen molar-refractivity contribution in [2.45, 2.75) is 6.04 Å². The van der Waals surface area contributed by atoms with E-state index in [9.17, 15) is 0 Å². The van der Waals surface area contributed by atoms with Crippen LogP contribution in [0.5, 0.6) is 0 Å². The fourth-order valence-corrected chi connectivity index (χ4v) is 0.978. The Bertz CT molecular complexity index is 199. The SMILES string of the molecule is [B-][NH2+]C(CO)c1ccccc1. The van der Waals surface area contributed by atoms with Gasteiger partial charge in [-0.25, -0.2) is 7.98 Å². The van der Waals surface area contributed by atoms with Gasteiger partial charge >= 0.3 is 0 Å². The van der Waals surface area contributed by atoms with Gasteiger partial charge in [-0.3, -0.25) is 0 Å². The summed E-state index contributed by atoms with van der Waals surface area (Å²) in [5.74, 6) is 0. The van der Waals surface area contributed by atoms with E-state index in [1.165, 1.54) is 5.23 Å². The molecule has 3 N–H and O–H groups in total. The quantitative estimate of drug-likeness (QED) is 0.550. The van der Waals surface area contributed by atoms with Crippen molar-refractivity contribution in [2.24, 2.45) is 0 Å². The van der Waals surface area contributed by atoms with Crippen LogP contribution in [0.25, 0.3) is 0 Å². The van der Waals surface area contributed by atoms with Crippen molar-refractivity contribution in [3.8, 4) is 0 Å². The fraction of sp³-hybridized carbons (Fsp3) is 0.250. The molecule has 3 heteroatoms. The third kappa shape index (κ3) is 2.07. The minimum atomic E-state index is -0.0313. The maximum Gasteiger partial charge on any atom is 0.0952 e. The number of hydrogen-bond donors (Lipinski definition) is 2. The van der Waals surface area contributed by atoms with E-state index in [0.717, 1.165) is 5.56 Å². The largest absolute Gasteiger partial charge is 0.600 e.